The molecule has 1 saturated heterocycles. The maximum Gasteiger partial charge on any atom is 0.325 e. The molecule has 0 radical (unpaired) electrons. The highest BCUT2D eigenvalue weighted by molar-refractivity contribution is 6.00. The third kappa shape index (κ3) is 2.90. The van der Waals surface area contributed by atoms with Gasteiger partial charge < -0.3 is 14.6 Å². The first-order valence-electron chi connectivity index (χ1n) is 6.35. The van der Waals surface area contributed by atoms with Crippen molar-refractivity contribution in [2.75, 3.05) is 6.61 Å². The quantitative estimate of drug-likeness (QED) is 0.568. The second kappa shape index (κ2) is 6.37. The number of aliphatic carboxylic acids is 1. The Labute approximate surface area is 116 Å². The SMILES string of the molecule is CCC(C)OC(=O)C(CC#N)(C(=O)O)C1COC(=O)C1. The van der Waals surface area contributed by atoms with E-state index in [-0.39, 0.29) is 13.0 Å². The van der Waals surface area contributed by atoms with Crippen LogP contribution >= 0.6 is 0 Å². The topological polar surface area (TPSA) is 114 Å². The lowest BCUT2D eigenvalue weighted by Gasteiger charge is -2.30. The number of carbonyl (C=O) groups excluding carboxylic acids is 2. The molecule has 0 spiro atoms. The molecule has 7 heteroatoms. The number of hydrogen-bond acceptors (Lipinski definition) is 6. The van der Waals surface area contributed by atoms with Crippen molar-refractivity contribution in [1.82, 2.24) is 0 Å². The van der Waals surface area contributed by atoms with Crippen molar-refractivity contribution >= 4 is 17.9 Å². The molecule has 0 saturated carbocycles. The minimum Gasteiger partial charge on any atom is -0.480 e. The minimum absolute atomic E-state index is 0.192. The van der Waals surface area contributed by atoms with Crippen molar-refractivity contribution in [2.45, 2.75) is 39.2 Å². The van der Waals surface area contributed by atoms with Crippen LogP contribution in [-0.2, 0) is 23.9 Å². The van der Waals surface area contributed by atoms with Crippen molar-refractivity contribution in [2.24, 2.45) is 11.3 Å². The van der Waals surface area contributed by atoms with E-state index in [1.165, 1.54) is 0 Å². The number of carboxylic acid groups (broad SMARTS) is 1. The number of nitrogens with zero attached hydrogens (tertiary/aromatic N) is 1. The fraction of sp³-hybridized carbons (Fsp3) is 0.692. The van der Waals surface area contributed by atoms with E-state index in [0.29, 0.717) is 6.42 Å². The van der Waals surface area contributed by atoms with Crippen molar-refractivity contribution in [3.05, 3.63) is 0 Å². The molecule has 0 aliphatic carbocycles. The van der Waals surface area contributed by atoms with Crippen LogP contribution in [-0.4, -0.2) is 35.7 Å². The van der Waals surface area contributed by atoms with Crippen LogP contribution in [0.15, 0.2) is 0 Å². The summed E-state index contributed by atoms with van der Waals surface area (Å²) in [6.07, 6.45) is -0.700. The summed E-state index contributed by atoms with van der Waals surface area (Å²) in [5, 5.41) is 18.3. The maximum absolute atomic E-state index is 12.2. The summed E-state index contributed by atoms with van der Waals surface area (Å²) >= 11 is 0. The van der Waals surface area contributed by atoms with Gasteiger partial charge in [0.2, 0.25) is 0 Å². The summed E-state index contributed by atoms with van der Waals surface area (Å²) in [4.78, 5) is 35.0. The normalized spacial score (nSPS) is 22.2. The summed E-state index contributed by atoms with van der Waals surface area (Å²) in [5.41, 5.74) is -2.05. The van der Waals surface area contributed by atoms with Crippen molar-refractivity contribution < 1.29 is 29.0 Å². The Hall–Kier alpha value is -2.10. The second-order valence-corrected chi connectivity index (χ2v) is 4.82. The van der Waals surface area contributed by atoms with Crippen molar-refractivity contribution in [3.8, 4) is 6.07 Å². The third-order valence-electron chi connectivity index (χ3n) is 3.54. The standard InChI is InChI=1S/C13H17NO6/c1-3-8(2)20-12(18)13(4-5-14,11(16)17)9-6-10(15)19-7-9/h8-9H,3-4,6-7H2,1-2H3,(H,16,17). The number of carbonyl (C=O) groups is 3. The Morgan fingerprint density at radius 3 is 2.70 bits per heavy atom. The van der Waals surface area contributed by atoms with Crippen LogP contribution in [0.3, 0.4) is 0 Å². The van der Waals surface area contributed by atoms with Crippen LogP contribution in [0.4, 0.5) is 0 Å². The van der Waals surface area contributed by atoms with Crippen LogP contribution in [0.5, 0.6) is 0 Å². The average molecular weight is 283 g/mol. The van der Waals surface area contributed by atoms with Crippen LogP contribution < -0.4 is 0 Å². The molecule has 3 unspecified atom stereocenters. The van der Waals surface area contributed by atoms with Crippen LogP contribution in [0.1, 0.15) is 33.1 Å². The number of ether oxygens (including phenoxy) is 2. The maximum atomic E-state index is 12.2. The highest BCUT2D eigenvalue weighted by atomic mass is 16.6. The van der Waals surface area contributed by atoms with Gasteiger partial charge in [0.1, 0.15) is 0 Å². The van der Waals surface area contributed by atoms with Crippen LogP contribution in [0.2, 0.25) is 0 Å². The fourth-order valence-corrected chi connectivity index (χ4v) is 2.05. The van der Waals surface area contributed by atoms with Crippen LogP contribution in [0, 0.1) is 22.7 Å². The Kier molecular flexibility index (Phi) is 5.08. The summed E-state index contributed by atoms with van der Waals surface area (Å²) in [7, 11) is 0. The summed E-state index contributed by atoms with van der Waals surface area (Å²) < 4.78 is 9.82. The number of rotatable bonds is 6. The summed E-state index contributed by atoms with van der Waals surface area (Å²) in [6.45, 7) is 3.22. The zero-order chi connectivity index (χ0) is 15.3. The number of carboxylic acids is 1. The second-order valence-electron chi connectivity index (χ2n) is 4.82. The molecule has 1 rings (SSSR count). The molecule has 0 amide bonds. The van der Waals surface area contributed by atoms with Gasteiger partial charge in [-0.2, -0.15) is 5.26 Å². The molecule has 1 N–H and O–H groups in total. The van der Waals surface area contributed by atoms with Gasteiger partial charge in [-0.1, -0.05) is 6.92 Å². The lowest BCUT2D eigenvalue weighted by molar-refractivity contribution is -0.176. The molecule has 3 atom stereocenters. The van der Waals surface area contributed by atoms with Crippen molar-refractivity contribution in [3.63, 3.8) is 0 Å². The molecule has 1 heterocycles. The van der Waals surface area contributed by atoms with Crippen molar-refractivity contribution in [1.29, 1.82) is 5.26 Å². The molecule has 0 aromatic heterocycles. The van der Waals surface area contributed by atoms with E-state index < -0.39 is 41.8 Å². The number of esters is 2. The van der Waals surface area contributed by atoms with Gasteiger partial charge in [0.05, 0.1) is 31.6 Å². The Morgan fingerprint density at radius 2 is 2.30 bits per heavy atom. The summed E-state index contributed by atoms with van der Waals surface area (Å²) in [5.74, 6) is -3.90. The lowest BCUT2D eigenvalue weighted by Crippen LogP contribution is -2.48. The molecule has 1 aliphatic heterocycles. The first-order valence-corrected chi connectivity index (χ1v) is 6.35. The van der Waals surface area contributed by atoms with E-state index in [4.69, 9.17) is 14.7 Å². The molecule has 1 aliphatic rings. The highest BCUT2D eigenvalue weighted by Gasteiger charge is 2.57. The Morgan fingerprint density at radius 1 is 1.65 bits per heavy atom. The molecule has 110 valence electrons. The minimum atomic E-state index is -2.05. The predicted octanol–water partition coefficient (Wildman–Crippen LogP) is 0.876. The first kappa shape index (κ1) is 16.0. The molecular weight excluding hydrogens is 266 g/mol. The van der Waals surface area contributed by atoms with Gasteiger partial charge in [-0.25, -0.2) is 0 Å². The van der Waals surface area contributed by atoms with E-state index in [9.17, 15) is 19.5 Å². The van der Waals surface area contributed by atoms with Gasteiger partial charge in [-0.3, -0.25) is 14.4 Å². The monoisotopic (exact) mass is 283 g/mol. The lowest BCUT2D eigenvalue weighted by atomic mass is 9.72. The molecule has 0 bridgehead atoms. The van der Waals surface area contributed by atoms with Gasteiger partial charge in [0.15, 0.2) is 5.41 Å². The van der Waals surface area contributed by atoms with E-state index >= 15 is 0 Å². The highest BCUT2D eigenvalue weighted by Crippen LogP contribution is 2.39. The summed E-state index contributed by atoms with van der Waals surface area (Å²) in [6, 6.07) is 1.71. The molecule has 7 nitrogen and oxygen atoms in total. The third-order valence-corrected chi connectivity index (χ3v) is 3.54. The van der Waals surface area contributed by atoms with Gasteiger partial charge in [0, 0.05) is 5.92 Å². The van der Waals surface area contributed by atoms with Gasteiger partial charge >= 0.3 is 17.9 Å². The van der Waals surface area contributed by atoms with E-state index in [1.807, 2.05) is 0 Å². The number of hydrogen-bond donors (Lipinski definition) is 1. The fourth-order valence-electron chi connectivity index (χ4n) is 2.05. The van der Waals surface area contributed by atoms with E-state index in [0.717, 1.165) is 0 Å². The first-order chi connectivity index (χ1) is 9.38. The van der Waals surface area contributed by atoms with E-state index in [1.54, 1.807) is 19.9 Å². The Bertz CT molecular complexity index is 454. The predicted molar refractivity (Wildman–Crippen MR) is 65.2 cm³/mol. The molecule has 1 fully saturated rings. The number of cyclic esters (lactones) is 1. The average Bonchev–Trinajstić information content (AvgIpc) is 2.81. The molecule has 0 aromatic rings. The van der Waals surface area contributed by atoms with Crippen LogP contribution in [0.25, 0.3) is 0 Å². The largest absolute Gasteiger partial charge is 0.480 e. The van der Waals surface area contributed by atoms with Gasteiger partial charge in [-0.15, -0.1) is 0 Å². The Balaban J connectivity index is 3.11. The molecule has 20 heavy (non-hydrogen) atoms. The van der Waals surface area contributed by atoms with E-state index in [2.05, 4.69) is 0 Å². The smallest absolute Gasteiger partial charge is 0.325 e. The number of nitriles is 1. The zero-order valence-corrected chi connectivity index (χ0v) is 11.4. The van der Waals surface area contributed by atoms with Gasteiger partial charge in [0.25, 0.3) is 0 Å². The van der Waals surface area contributed by atoms with Gasteiger partial charge in [-0.05, 0) is 13.3 Å². The molecule has 0 aromatic carbocycles. The molecular formula is C13H17NO6. The zero-order valence-electron chi connectivity index (χ0n) is 11.4.